The zero-order chi connectivity index (χ0) is 30.6. The maximum absolute atomic E-state index is 13.6. The highest BCUT2D eigenvalue weighted by atomic mass is 32.1. The predicted molar refractivity (Wildman–Crippen MR) is 154 cm³/mol. The Morgan fingerprint density at radius 1 is 1.05 bits per heavy atom. The third-order valence-electron chi connectivity index (χ3n) is 6.88. The third-order valence-corrected chi connectivity index (χ3v) is 8.01. The molecule has 0 aliphatic rings. The maximum atomic E-state index is 13.6. The van der Waals surface area contributed by atoms with Crippen molar-refractivity contribution in [1.29, 1.82) is 0 Å². The lowest BCUT2D eigenvalue weighted by atomic mass is 9.85. The zero-order valence-corrected chi connectivity index (χ0v) is 23.9. The molecule has 0 radical (unpaired) electrons. The smallest absolute Gasteiger partial charge is 0.416 e. The van der Waals surface area contributed by atoms with Crippen LogP contribution in [-0.2, 0) is 11.6 Å². The number of carboxylic acid groups (broad SMARTS) is 1. The van der Waals surface area contributed by atoms with Gasteiger partial charge in [-0.15, -0.1) is 11.3 Å². The van der Waals surface area contributed by atoms with E-state index in [-0.39, 0.29) is 21.6 Å². The molecule has 0 fully saturated rings. The lowest BCUT2D eigenvalue weighted by molar-refractivity contribution is -0.139. The van der Waals surface area contributed by atoms with Crippen LogP contribution in [0.4, 0.5) is 18.0 Å². The molecule has 42 heavy (non-hydrogen) atoms. The Bertz CT molecular complexity index is 1830. The van der Waals surface area contributed by atoms with Crippen molar-refractivity contribution < 1.29 is 32.6 Å². The number of benzene rings is 2. The number of ether oxygens (including phenoxy) is 1. The number of thiophene rings is 1. The number of amides is 1. The molecule has 8 nitrogen and oxygen atoms in total. The number of nitrogens with zero attached hydrogens (tertiary/aromatic N) is 3. The van der Waals surface area contributed by atoms with Crippen LogP contribution in [0.25, 0.3) is 27.3 Å². The van der Waals surface area contributed by atoms with E-state index in [0.29, 0.717) is 27.3 Å². The highest BCUT2D eigenvalue weighted by Gasteiger charge is 2.35. The van der Waals surface area contributed by atoms with E-state index in [4.69, 9.17) is 10.5 Å². The number of fused-ring (bicyclic) bond motifs is 1. The van der Waals surface area contributed by atoms with Crippen LogP contribution < -0.4 is 10.5 Å². The Balaban J connectivity index is 1.54. The SMILES string of the molecule is C[C@@H](Oc1cc(-n2cnc3cc(-c4c(C(C)(C)C)ccn4C(=O)O)ccc32)sc1C(N)=O)c1ccccc1C(F)(F)F. The average molecular weight is 597 g/mol. The fraction of sp³-hybridized carbons (Fsp3) is 0.233. The van der Waals surface area contributed by atoms with Crippen LogP contribution in [0.15, 0.2) is 67.1 Å². The molecule has 0 aliphatic heterocycles. The lowest BCUT2D eigenvalue weighted by Gasteiger charge is -2.20. The highest BCUT2D eigenvalue weighted by Crippen LogP contribution is 2.40. The summed E-state index contributed by atoms with van der Waals surface area (Å²) in [6, 6.07) is 13.8. The van der Waals surface area contributed by atoms with Gasteiger partial charge in [-0.3, -0.25) is 13.9 Å². The molecule has 0 bridgehead atoms. The number of alkyl halides is 3. The van der Waals surface area contributed by atoms with Gasteiger partial charge in [0.15, 0.2) is 0 Å². The van der Waals surface area contributed by atoms with Gasteiger partial charge in [-0.1, -0.05) is 45.0 Å². The molecule has 0 saturated heterocycles. The van der Waals surface area contributed by atoms with Crippen molar-refractivity contribution in [2.75, 3.05) is 0 Å². The van der Waals surface area contributed by atoms with Crippen molar-refractivity contribution in [3.05, 3.63) is 88.7 Å². The van der Waals surface area contributed by atoms with Gasteiger partial charge < -0.3 is 15.6 Å². The fourth-order valence-corrected chi connectivity index (χ4v) is 5.86. The second-order valence-electron chi connectivity index (χ2n) is 10.8. The normalized spacial score (nSPS) is 12.9. The topological polar surface area (TPSA) is 112 Å². The number of aromatic nitrogens is 3. The van der Waals surface area contributed by atoms with Crippen molar-refractivity contribution in [1.82, 2.24) is 14.1 Å². The summed E-state index contributed by atoms with van der Waals surface area (Å²) in [5, 5.41) is 10.3. The quantitative estimate of drug-likeness (QED) is 0.209. The molecule has 1 atom stereocenters. The van der Waals surface area contributed by atoms with Crippen LogP contribution in [0, 0.1) is 0 Å². The van der Waals surface area contributed by atoms with E-state index >= 15 is 0 Å². The summed E-state index contributed by atoms with van der Waals surface area (Å²) in [7, 11) is 0. The van der Waals surface area contributed by atoms with Gasteiger partial charge in [0.2, 0.25) is 0 Å². The van der Waals surface area contributed by atoms with Crippen molar-refractivity contribution >= 4 is 34.4 Å². The maximum Gasteiger partial charge on any atom is 0.416 e. The number of halogens is 3. The van der Waals surface area contributed by atoms with Crippen LogP contribution in [0.2, 0.25) is 0 Å². The van der Waals surface area contributed by atoms with Gasteiger partial charge in [0.25, 0.3) is 5.91 Å². The van der Waals surface area contributed by atoms with Crippen LogP contribution in [0.3, 0.4) is 0 Å². The van der Waals surface area contributed by atoms with E-state index in [0.717, 1.165) is 23.0 Å². The van der Waals surface area contributed by atoms with Gasteiger partial charge in [-0.25, -0.2) is 9.78 Å². The molecule has 2 aromatic carbocycles. The van der Waals surface area contributed by atoms with Crippen molar-refractivity contribution in [2.24, 2.45) is 5.73 Å². The van der Waals surface area contributed by atoms with Crippen LogP contribution in [0.1, 0.15) is 60.2 Å². The Kier molecular flexibility index (Phi) is 7.13. The van der Waals surface area contributed by atoms with E-state index in [1.165, 1.54) is 42.2 Å². The molecular weight excluding hydrogens is 569 g/mol. The molecule has 3 aromatic heterocycles. The van der Waals surface area contributed by atoms with E-state index in [9.17, 15) is 27.9 Å². The second kappa shape index (κ2) is 10.4. The monoisotopic (exact) mass is 596 g/mol. The summed E-state index contributed by atoms with van der Waals surface area (Å²) in [4.78, 5) is 28.8. The van der Waals surface area contributed by atoms with E-state index in [1.54, 1.807) is 34.9 Å². The van der Waals surface area contributed by atoms with Crippen LogP contribution in [0.5, 0.6) is 5.75 Å². The summed E-state index contributed by atoms with van der Waals surface area (Å²) in [5.41, 5.74) is 7.67. The molecule has 0 saturated carbocycles. The second-order valence-corrected chi connectivity index (χ2v) is 11.8. The van der Waals surface area contributed by atoms with Crippen molar-refractivity contribution in [3.8, 4) is 22.0 Å². The molecule has 5 rings (SSSR count). The molecular formula is C30H27F3N4O4S. The summed E-state index contributed by atoms with van der Waals surface area (Å²) in [6.45, 7) is 7.47. The Morgan fingerprint density at radius 3 is 2.40 bits per heavy atom. The molecule has 0 unspecified atom stereocenters. The van der Waals surface area contributed by atoms with Gasteiger partial charge in [-0.2, -0.15) is 13.2 Å². The molecule has 0 spiro atoms. The third kappa shape index (κ3) is 5.25. The number of carbonyl (C=O) groups excluding carboxylic acids is 1. The molecule has 3 N–H and O–H groups in total. The average Bonchev–Trinajstić information content (AvgIpc) is 3.64. The first kappa shape index (κ1) is 28.9. The molecule has 0 aliphatic carbocycles. The van der Waals surface area contributed by atoms with Crippen LogP contribution >= 0.6 is 11.3 Å². The summed E-state index contributed by atoms with van der Waals surface area (Å²) in [5.74, 6) is -0.729. The first-order valence-electron chi connectivity index (χ1n) is 12.9. The minimum absolute atomic E-state index is 0.0499. The number of imidazole rings is 1. The number of rotatable bonds is 6. The van der Waals surface area contributed by atoms with Gasteiger partial charge in [-0.05, 0) is 42.2 Å². The summed E-state index contributed by atoms with van der Waals surface area (Å²) < 4.78 is 49.5. The Labute approximate surface area is 242 Å². The molecule has 218 valence electrons. The number of nitrogens with two attached hydrogens (primary N) is 1. The largest absolute Gasteiger partial charge is 0.484 e. The number of carbonyl (C=O) groups is 2. The van der Waals surface area contributed by atoms with Crippen molar-refractivity contribution in [3.63, 3.8) is 0 Å². The number of hydrogen-bond donors (Lipinski definition) is 2. The standard InChI is InChI=1S/C30H27F3N4O4S/c1-16(18-7-5-6-8-19(18)30(31,32)33)41-23-14-24(42-26(23)27(34)38)37-15-35-21-13-17(9-10-22(21)37)25-20(29(2,3)4)11-12-36(25)28(39)40/h5-16H,1-4H3,(H2,34,38)(H,39,40)/t16-/m1/s1. The summed E-state index contributed by atoms with van der Waals surface area (Å²) >= 11 is 1.02. The lowest BCUT2D eigenvalue weighted by Crippen LogP contribution is -2.15. The Hall–Kier alpha value is -4.58. The first-order chi connectivity index (χ1) is 19.7. The van der Waals surface area contributed by atoms with Gasteiger partial charge in [0, 0.05) is 23.4 Å². The number of hydrogen-bond acceptors (Lipinski definition) is 5. The minimum atomic E-state index is -4.57. The summed E-state index contributed by atoms with van der Waals surface area (Å²) in [6.07, 6.45) is -3.66. The van der Waals surface area contributed by atoms with E-state index in [1.807, 2.05) is 20.8 Å². The van der Waals surface area contributed by atoms with Crippen molar-refractivity contribution in [2.45, 2.75) is 45.4 Å². The molecule has 1 amide bonds. The minimum Gasteiger partial charge on any atom is -0.484 e. The van der Waals surface area contributed by atoms with E-state index in [2.05, 4.69) is 4.98 Å². The fourth-order valence-electron chi connectivity index (χ4n) is 4.93. The first-order valence-corrected chi connectivity index (χ1v) is 13.7. The molecule has 12 heteroatoms. The number of primary amides is 1. The van der Waals surface area contributed by atoms with Gasteiger partial charge in [0.1, 0.15) is 28.1 Å². The Morgan fingerprint density at radius 2 is 1.76 bits per heavy atom. The zero-order valence-electron chi connectivity index (χ0n) is 23.1. The van der Waals surface area contributed by atoms with E-state index < -0.39 is 29.8 Å². The van der Waals surface area contributed by atoms with Gasteiger partial charge in [0.05, 0.1) is 22.3 Å². The van der Waals surface area contributed by atoms with Gasteiger partial charge >= 0.3 is 12.3 Å². The molecule has 3 heterocycles. The molecule has 5 aromatic rings. The van der Waals surface area contributed by atoms with Crippen LogP contribution in [-0.4, -0.2) is 31.2 Å². The highest BCUT2D eigenvalue weighted by molar-refractivity contribution is 7.16. The predicted octanol–water partition coefficient (Wildman–Crippen LogP) is 7.64.